The van der Waals surface area contributed by atoms with Gasteiger partial charge in [0.15, 0.2) is 6.10 Å². The summed E-state index contributed by atoms with van der Waals surface area (Å²) >= 11 is 0. The van der Waals surface area contributed by atoms with E-state index in [0.29, 0.717) is 12.8 Å². The highest BCUT2D eigenvalue weighted by Gasteiger charge is 2.16. The summed E-state index contributed by atoms with van der Waals surface area (Å²) in [5, 5.41) is 9.70. The molecule has 1 unspecified atom stereocenters. The minimum atomic E-state index is -0.797. The lowest BCUT2D eigenvalue weighted by Crippen LogP contribution is -2.28. The zero-order valence-corrected chi connectivity index (χ0v) is 56.0. The first kappa shape index (κ1) is 81.5. The predicted molar refractivity (Wildman–Crippen MR) is 380 cm³/mol. The average molecular weight is 1190 g/mol. The van der Waals surface area contributed by atoms with Crippen molar-refractivity contribution >= 4 is 11.9 Å². The van der Waals surface area contributed by atoms with Crippen LogP contribution in [0.25, 0.3) is 0 Å². The third kappa shape index (κ3) is 72.0. The lowest BCUT2D eigenvalue weighted by Gasteiger charge is -2.15. The normalized spacial score (nSPS) is 13.2. The third-order valence-corrected chi connectivity index (χ3v) is 15.3. The van der Waals surface area contributed by atoms with Gasteiger partial charge in [0.25, 0.3) is 0 Å². The van der Waals surface area contributed by atoms with E-state index in [1.165, 1.54) is 167 Å². The van der Waals surface area contributed by atoms with E-state index < -0.39 is 6.10 Å². The second kappa shape index (κ2) is 74.8. The van der Waals surface area contributed by atoms with Crippen molar-refractivity contribution in [2.75, 3.05) is 13.2 Å². The van der Waals surface area contributed by atoms with Crippen LogP contribution in [0.3, 0.4) is 0 Å². The minimum absolute atomic E-state index is 0.0826. The molecule has 0 radical (unpaired) electrons. The van der Waals surface area contributed by atoms with Crippen molar-refractivity contribution in [3.63, 3.8) is 0 Å². The van der Waals surface area contributed by atoms with E-state index in [1.54, 1.807) is 0 Å². The van der Waals surface area contributed by atoms with Crippen LogP contribution in [0.15, 0.2) is 158 Å². The van der Waals surface area contributed by atoms with Gasteiger partial charge in [-0.1, -0.05) is 339 Å². The molecule has 5 nitrogen and oxygen atoms in total. The van der Waals surface area contributed by atoms with Gasteiger partial charge in [0, 0.05) is 12.8 Å². The largest absolute Gasteiger partial charge is 0.462 e. The summed E-state index contributed by atoms with van der Waals surface area (Å²) in [6.45, 7) is 4.03. The summed E-state index contributed by atoms with van der Waals surface area (Å²) in [5.41, 5.74) is 0. The number of carbonyl (C=O) groups is 2. The van der Waals surface area contributed by atoms with Gasteiger partial charge in [-0.05, 0) is 128 Å². The highest BCUT2D eigenvalue weighted by Crippen LogP contribution is 2.17. The van der Waals surface area contributed by atoms with Gasteiger partial charge in [0.05, 0.1) is 6.61 Å². The van der Waals surface area contributed by atoms with Crippen LogP contribution in [-0.2, 0) is 19.1 Å². The summed E-state index contributed by atoms with van der Waals surface area (Å²) < 4.78 is 10.7. The number of aliphatic hydroxyl groups is 1. The molecule has 0 spiro atoms. The summed E-state index contributed by atoms with van der Waals surface area (Å²) in [4.78, 5) is 24.7. The molecule has 0 heterocycles. The molecular weight excluding hydrogens is 1050 g/mol. The average Bonchev–Trinajstić information content (AvgIpc) is 3.54. The second-order valence-corrected chi connectivity index (χ2v) is 23.6. The number of esters is 2. The number of ether oxygens (including phenoxy) is 2. The van der Waals surface area contributed by atoms with Crippen LogP contribution in [0.4, 0.5) is 0 Å². The Hall–Kier alpha value is -4.48. The molecule has 0 aromatic carbocycles. The molecule has 0 bridgehead atoms. The number of aliphatic hydroxyl groups excluding tert-OH is 1. The fourth-order valence-electron chi connectivity index (χ4n) is 9.95. The third-order valence-electron chi connectivity index (χ3n) is 15.3. The Balaban J connectivity index is 3.59. The molecule has 0 aromatic heterocycles. The molecule has 5 heteroatoms. The Morgan fingerprint density at radius 2 is 0.500 bits per heavy atom. The lowest BCUT2D eigenvalue weighted by atomic mass is 10.0. The van der Waals surface area contributed by atoms with Crippen molar-refractivity contribution in [2.45, 2.75) is 328 Å². The molecule has 0 fully saturated rings. The standard InChI is InChI=1S/C81H134O5/c1-3-5-7-9-11-13-15-17-19-21-23-25-27-29-31-33-35-36-37-38-39-40-41-42-43-44-46-48-50-52-54-56-58-60-62-64-66-68-70-72-74-76-81(84)86-79(77-82)78-85-80(83)75-73-71-69-67-65-63-61-59-57-55-53-51-49-47-45-34-32-30-28-26-24-22-20-18-16-14-12-10-8-6-4-2/h5,7,11,13,17,19,22-25,29,31,35-36,38-39,41-42,44,46,50,52,56,58,62,64,79,82H,3-4,6,8-10,12,14-16,18,20-21,26-28,30,32-34,37,40,43,45,47-49,51,53-55,57,59-61,63,65-78H2,1-2H3/b7-5-,13-11-,19-17-,24-22-,25-23-,31-29-,36-35-,39-38-,42-41-,46-44-,52-50-,58-56-,64-62-. The Labute approximate surface area is 532 Å². The van der Waals surface area contributed by atoms with E-state index in [9.17, 15) is 14.7 Å². The first-order valence-corrected chi connectivity index (χ1v) is 36.0. The SMILES string of the molecule is CC/C=C\C/C=C\C/C=C\C/C=C\C/C=C\C/C=C\C/C=C\C/C=C\C/C=C\C/C=C\C/C=C\C/C=C\CCCCCCC(=O)OC(CO)COC(=O)CCCCCCCCCCCCCCCCCCCCC/C=C\CCCCCCCCCC. The maximum atomic E-state index is 12.4. The van der Waals surface area contributed by atoms with Crippen molar-refractivity contribution in [2.24, 2.45) is 0 Å². The summed E-state index contributed by atoms with van der Waals surface area (Å²) in [6.07, 6.45) is 114. The Morgan fingerprint density at radius 1 is 0.279 bits per heavy atom. The maximum Gasteiger partial charge on any atom is 0.306 e. The first-order valence-electron chi connectivity index (χ1n) is 36.0. The van der Waals surface area contributed by atoms with Crippen LogP contribution in [0.5, 0.6) is 0 Å². The first-order chi connectivity index (χ1) is 42.6. The number of rotatable bonds is 65. The van der Waals surface area contributed by atoms with Crippen molar-refractivity contribution in [3.05, 3.63) is 158 Å². The van der Waals surface area contributed by atoms with E-state index in [-0.39, 0.29) is 25.2 Å². The topological polar surface area (TPSA) is 72.8 Å². The number of hydrogen-bond acceptors (Lipinski definition) is 5. The minimum Gasteiger partial charge on any atom is -0.462 e. The van der Waals surface area contributed by atoms with Gasteiger partial charge in [0.1, 0.15) is 6.61 Å². The monoisotopic (exact) mass is 1190 g/mol. The summed E-state index contributed by atoms with van der Waals surface area (Å²) in [7, 11) is 0. The lowest BCUT2D eigenvalue weighted by molar-refractivity contribution is -0.161. The zero-order valence-electron chi connectivity index (χ0n) is 56.0. The summed E-state index contributed by atoms with van der Waals surface area (Å²) in [5.74, 6) is -0.619. The van der Waals surface area contributed by atoms with Gasteiger partial charge >= 0.3 is 11.9 Å². The van der Waals surface area contributed by atoms with Gasteiger partial charge in [-0.3, -0.25) is 9.59 Å². The highest BCUT2D eigenvalue weighted by molar-refractivity contribution is 5.70. The fraction of sp³-hybridized carbons (Fsp3) is 0.654. The molecule has 488 valence electrons. The van der Waals surface area contributed by atoms with Gasteiger partial charge < -0.3 is 14.6 Å². The number of allylic oxidation sites excluding steroid dienone is 26. The van der Waals surface area contributed by atoms with Crippen LogP contribution in [0.2, 0.25) is 0 Å². The van der Waals surface area contributed by atoms with Crippen molar-refractivity contribution in [1.29, 1.82) is 0 Å². The van der Waals surface area contributed by atoms with E-state index in [0.717, 1.165) is 128 Å². The molecule has 0 amide bonds. The van der Waals surface area contributed by atoms with Gasteiger partial charge in [-0.2, -0.15) is 0 Å². The molecular formula is C81H134O5. The van der Waals surface area contributed by atoms with Crippen LogP contribution in [-0.4, -0.2) is 36.4 Å². The van der Waals surface area contributed by atoms with Gasteiger partial charge in [-0.25, -0.2) is 0 Å². The maximum absolute atomic E-state index is 12.4. The van der Waals surface area contributed by atoms with Crippen molar-refractivity contribution in [3.8, 4) is 0 Å². The number of hydrogen-bond donors (Lipinski definition) is 1. The molecule has 0 aliphatic rings. The van der Waals surface area contributed by atoms with Crippen LogP contribution < -0.4 is 0 Å². The molecule has 0 saturated heterocycles. The zero-order chi connectivity index (χ0) is 61.9. The molecule has 0 saturated carbocycles. The molecule has 86 heavy (non-hydrogen) atoms. The highest BCUT2D eigenvalue weighted by atomic mass is 16.6. The van der Waals surface area contributed by atoms with E-state index in [2.05, 4.69) is 172 Å². The van der Waals surface area contributed by atoms with Crippen molar-refractivity contribution in [1.82, 2.24) is 0 Å². The number of carbonyl (C=O) groups excluding carboxylic acids is 2. The van der Waals surface area contributed by atoms with Crippen LogP contribution >= 0.6 is 0 Å². The summed E-state index contributed by atoms with van der Waals surface area (Å²) in [6, 6.07) is 0. The number of unbranched alkanes of at least 4 members (excludes halogenated alkanes) is 31. The smallest absolute Gasteiger partial charge is 0.306 e. The van der Waals surface area contributed by atoms with E-state index in [4.69, 9.17) is 9.47 Å². The molecule has 1 atom stereocenters. The van der Waals surface area contributed by atoms with E-state index >= 15 is 0 Å². The Kier molecular flexibility index (Phi) is 70.9. The molecule has 1 N–H and O–H groups in total. The quantitative estimate of drug-likeness (QED) is 0.0373. The van der Waals surface area contributed by atoms with E-state index in [1.807, 2.05) is 0 Å². The van der Waals surface area contributed by atoms with Crippen LogP contribution in [0.1, 0.15) is 322 Å². The molecule has 0 aromatic rings. The van der Waals surface area contributed by atoms with Gasteiger partial charge in [-0.15, -0.1) is 0 Å². The Morgan fingerprint density at radius 3 is 0.767 bits per heavy atom. The molecule has 0 aliphatic heterocycles. The molecule has 0 aliphatic carbocycles. The van der Waals surface area contributed by atoms with Crippen molar-refractivity contribution < 1.29 is 24.2 Å². The van der Waals surface area contributed by atoms with Crippen LogP contribution in [0, 0.1) is 0 Å². The fourth-order valence-corrected chi connectivity index (χ4v) is 9.95. The second-order valence-electron chi connectivity index (χ2n) is 23.6. The molecule has 0 rings (SSSR count). The Bertz CT molecular complexity index is 1830. The predicted octanol–water partition coefficient (Wildman–Crippen LogP) is 25.4. The van der Waals surface area contributed by atoms with Gasteiger partial charge in [0.2, 0.25) is 0 Å².